The number of hydrogen-bond donors (Lipinski definition) is 1. The molecule has 1 aliphatic heterocycles. The number of aliphatic hydroxyl groups excluding tert-OH is 1. The number of rotatable bonds is 6. The molecule has 1 aliphatic rings. The van der Waals surface area contributed by atoms with Crippen LogP contribution in [0.3, 0.4) is 0 Å². The van der Waals surface area contributed by atoms with E-state index in [1.807, 2.05) is 6.07 Å². The van der Waals surface area contributed by atoms with Crippen molar-refractivity contribution in [2.45, 2.75) is 13.8 Å². The first-order chi connectivity index (χ1) is 15.2. The molecule has 1 N–H and O–H groups in total. The molecule has 11 heteroatoms. The molecule has 4 heterocycles. The zero-order chi connectivity index (χ0) is 21.8. The minimum Gasteiger partial charge on any atom is -0.462 e. The molecule has 154 valence electrons. The van der Waals surface area contributed by atoms with Gasteiger partial charge in [-0.1, -0.05) is 0 Å². The third-order valence-electron chi connectivity index (χ3n) is 4.54. The zero-order valence-electron chi connectivity index (χ0n) is 16.8. The Balaban J connectivity index is 1.78. The highest BCUT2D eigenvalue weighted by Crippen LogP contribution is 2.23. The highest BCUT2D eigenvalue weighted by atomic mass is 16.2. The third-order valence-corrected chi connectivity index (χ3v) is 4.54. The molecule has 0 amide bonds. The van der Waals surface area contributed by atoms with Crippen molar-refractivity contribution in [1.82, 2.24) is 29.8 Å². The molecule has 3 aromatic heterocycles. The second-order valence-corrected chi connectivity index (χ2v) is 6.27. The summed E-state index contributed by atoms with van der Waals surface area (Å²) in [7, 11) is 0. The predicted molar refractivity (Wildman–Crippen MR) is 113 cm³/mol. The van der Waals surface area contributed by atoms with E-state index in [1.165, 1.54) is 23.3 Å². The smallest absolute Gasteiger partial charge is 0.261 e. The van der Waals surface area contributed by atoms with Gasteiger partial charge in [-0.15, -0.1) is 10.2 Å². The number of carbonyl (C=O) groups excluding carboxylic acids is 1. The maximum absolute atomic E-state index is 12.4. The molecular formula is C20H17N9O2. The second kappa shape index (κ2) is 8.50. The van der Waals surface area contributed by atoms with Gasteiger partial charge in [0.1, 0.15) is 17.5 Å². The standard InChI is InChI=1S/C20H17N9O2/c1-3-28(4-2)13-5-6-16(23-11-13)24-18-17(15(31)7-10-30)27-29-19(25-26-20(18)29)14-12-21-8-9-22-14/h5-6,8-9,11-12,30H,3-4H2,1-2H3. The highest BCUT2D eigenvalue weighted by Gasteiger charge is 2.33. The van der Waals surface area contributed by atoms with E-state index in [2.05, 4.69) is 59.9 Å². The summed E-state index contributed by atoms with van der Waals surface area (Å²) in [4.78, 5) is 31.6. The van der Waals surface area contributed by atoms with Gasteiger partial charge >= 0.3 is 0 Å². The summed E-state index contributed by atoms with van der Waals surface area (Å²) in [6.45, 7) is 5.83. The van der Waals surface area contributed by atoms with E-state index >= 15 is 0 Å². The van der Waals surface area contributed by atoms with E-state index in [1.54, 1.807) is 18.4 Å². The van der Waals surface area contributed by atoms with Crippen molar-refractivity contribution in [3.8, 4) is 23.5 Å². The van der Waals surface area contributed by atoms with Crippen molar-refractivity contribution in [2.75, 3.05) is 18.0 Å². The number of nitrogens with zero attached hydrogens (tertiary/aromatic N) is 9. The second-order valence-electron chi connectivity index (χ2n) is 6.27. The van der Waals surface area contributed by atoms with E-state index in [0.29, 0.717) is 17.3 Å². The maximum atomic E-state index is 12.4. The Hall–Kier alpha value is -4.46. The van der Waals surface area contributed by atoms with Gasteiger partial charge in [0, 0.05) is 31.4 Å². The van der Waals surface area contributed by atoms with Crippen molar-refractivity contribution in [2.24, 2.45) is 10.1 Å². The van der Waals surface area contributed by atoms with Crippen LogP contribution in [-0.4, -0.2) is 65.2 Å². The van der Waals surface area contributed by atoms with Gasteiger partial charge in [0.2, 0.25) is 11.6 Å². The first-order valence-electron chi connectivity index (χ1n) is 9.46. The normalized spacial score (nSPS) is 13.4. The SMILES string of the molecule is CCN(CC)c1ccc(N=C2C(C(=O)C#CO)=Nn3c2nnc3-c2cnccn2)nc1. The topological polar surface area (TPSA) is 135 Å². The Morgan fingerprint density at radius 1 is 1.13 bits per heavy atom. The molecule has 11 nitrogen and oxygen atoms in total. The van der Waals surface area contributed by atoms with Gasteiger partial charge in [-0.25, -0.2) is 15.0 Å². The maximum Gasteiger partial charge on any atom is 0.261 e. The molecule has 0 radical (unpaired) electrons. The Bertz CT molecular complexity index is 1230. The largest absolute Gasteiger partial charge is 0.462 e. The van der Waals surface area contributed by atoms with Crippen molar-refractivity contribution in [1.29, 1.82) is 0 Å². The minimum absolute atomic E-state index is 0.0776. The van der Waals surface area contributed by atoms with Gasteiger partial charge in [0.15, 0.2) is 11.5 Å². The van der Waals surface area contributed by atoms with E-state index in [-0.39, 0.29) is 17.2 Å². The third kappa shape index (κ3) is 3.74. The number of pyridine rings is 1. The van der Waals surface area contributed by atoms with Crippen LogP contribution in [-0.2, 0) is 4.79 Å². The van der Waals surface area contributed by atoms with Crippen molar-refractivity contribution >= 4 is 28.7 Å². The van der Waals surface area contributed by atoms with Crippen LogP contribution in [0.5, 0.6) is 0 Å². The summed E-state index contributed by atoms with van der Waals surface area (Å²) in [5.74, 6) is 2.24. The van der Waals surface area contributed by atoms with Crippen molar-refractivity contribution < 1.29 is 9.90 Å². The molecule has 4 rings (SSSR count). The summed E-state index contributed by atoms with van der Waals surface area (Å²) in [5, 5.41) is 21.3. The summed E-state index contributed by atoms with van der Waals surface area (Å²) in [6, 6.07) is 3.64. The number of hydrogen-bond acceptors (Lipinski definition) is 10. The lowest BCUT2D eigenvalue weighted by Crippen LogP contribution is -2.22. The van der Waals surface area contributed by atoms with E-state index < -0.39 is 5.78 Å². The molecule has 0 atom stereocenters. The van der Waals surface area contributed by atoms with E-state index in [4.69, 9.17) is 5.11 Å². The summed E-state index contributed by atoms with van der Waals surface area (Å²) < 4.78 is 1.35. The van der Waals surface area contributed by atoms with Gasteiger partial charge in [-0.05, 0) is 26.0 Å². The van der Waals surface area contributed by atoms with Crippen LogP contribution in [0.15, 0.2) is 47.0 Å². The average molecular weight is 415 g/mol. The fourth-order valence-electron chi connectivity index (χ4n) is 3.05. The predicted octanol–water partition coefficient (Wildman–Crippen LogP) is 1.22. The summed E-state index contributed by atoms with van der Waals surface area (Å²) in [6.07, 6.45) is 7.86. The fraction of sp³-hybridized carbons (Fsp3) is 0.200. The number of aliphatic imine (C=N–C) groups is 1. The molecular weight excluding hydrogens is 398 g/mol. The molecule has 0 aliphatic carbocycles. The summed E-state index contributed by atoms with van der Waals surface area (Å²) in [5.41, 5.74) is 1.46. The van der Waals surface area contributed by atoms with Crippen LogP contribution >= 0.6 is 0 Å². The van der Waals surface area contributed by atoms with Gasteiger partial charge in [-0.3, -0.25) is 9.78 Å². The number of aliphatic hydroxyl groups is 1. The Labute approximate surface area is 177 Å². The molecule has 3 aromatic rings. The minimum atomic E-state index is -0.711. The average Bonchev–Trinajstić information content (AvgIpc) is 3.37. The lowest BCUT2D eigenvalue weighted by atomic mass is 10.1. The highest BCUT2D eigenvalue weighted by molar-refractivity contribution is 6.73. The Morgan fingerprint density at radius 3 is 2.58 bits per heavy atom. The van der Waals surface area contributed by atoms with E-state index in [9.17, 15) is 4.79 Å². The molecule has 0 spiro atoms. The molecule has 0 aromatic carbocycles. The zero-order valence-corrected chi connectivity index (χ0v) is 16.8. The lowest BCUT2D eigenvalue weighted by Gasteiger charge is -2.20. The van der Waals surface area contributed by atoms with Gasteiger partial charge in [0.05, 0.1) is 18.1 Å². The quantitative estimate of drug-likeness (QED) is 0.594. The van der Waals surface area contributed by atoms with Crippen LogP contribution in [0, 0.1) is 12.0 Å². The number of fused-ring (bicyclic) bond motifs is 1. The van der Waals surface area contributed by atoms with Crippen molar-refractivity contribution in [3.05, 3.63) is 42.7 Å². The number of Topliss-reactive ketones (excluding diaryl/α,β-unsaturated/α-hetero) is 1. The molecule has 0 unspecified atom stereocenters. The fourth-order valence-corrected chi connectivity index (χ4v) is 3.05. The summed E-state index contributed by atoms with van der Waals surface area (Å²) >= 11 is 0. The molecule has 0 saturated carbocycles. The number of carbonyl (C=O) groups is 1. The van der Waals surface area contributed by atoms with Gasteiger partial charge in [0.25, 0.3) is 5.78 Å². The van der Waals surface area contributed by atoms with Crippen LogP contribution < -0.4 is 4.90 Å². The van der Waals surface area contributed by atoms with Crippen LogP contribution in [0.4, 0.5) is 11.5 Å². The Morgan fingerprint density at radius 2 is 1.94 bits per heavy atom. The van der Waals surface area contributed by atoms with E-state index in [0.717, 1.165) is 18.8 Å². The van der Waals surface area contributed by atoms with Gasteiger partial charge in [-0.2, -0.15) is 9.78 Å². The first-order valence-corrected chi connectivity index (χ1v) is 9.46. The molecule has 0 fully saturated rings. The van der Waals surface area contributed by atoms with Crippen molar-refractivity contribution in [3.63, 3.8) is 0 Å². The first kappa shape index (κ1) is 19.8. The monoisotopic (exact) mass is 415 g/mol. The van der Waals surface area contributed by atoms with Gasteiger partial charge < -0.3 is 10.0 Å². The van der Waals surface area contributed by atoms with Crippen LogP contribution in [0.25, 0.3) is 11.5 Å². The van der Waals surface area contributed by atoms with Crippen LogP contribution in [0.2, 0.25) is 0 Å². The van der Waals surface area contributed by atoms with Crippen LogP contribution in [0.1, 0.15) is 19.7 Å². The number of anilines is 1. The molecule has 0 bridgehead atoms. The molecule has 0 saturated heterocycles. The Kier molecular flexibility index (Phi) is 5.44. The number of aromatic nitrogens is 6. The molecule has 31 heavy (non-hydrogen) atoms. The number of ketones is 1. The lowest BCUT2D eigenvalue weighted by molar-refractivity contribution is -0.108.